The van der Waals surface area contributed by atoms with Gasteiger partial charge in [0.2, 0.25) is 0 Å². The number of carbonyl (C=O) groups excluding carboxylic acids is 1. The van der Waals surface area contributed by atoms with Gasteiger partial charge in [-0.2, -0.15) is 0 Å². The van der Waals surface area contributed by atoms with Crippen LogP contribution in [0.1, 0.15) is 25.0 Å². The van der Waals surface area contributed by atoms with Crippen molar-refractivity contribution in [2.45, 2.75) is 39.8 Å². The molecule has 2 aliphatic heterocycles. The predicted octanol–water partition coefficient (Wildman–Crippen LogP) is 1.57. The van der Waals surface area contributed by atoms with Crippen molar-refractivity contribution in [3.63, 3.8) is 0 Å². The van der Waals surface area contributed by atoms with Crippen LogP contribution >= 0.6 is 0 Å². The van der Waals surface area contributed by atoms with Crippen molar-refractivity contribution < 1.29 is 4.79 Å². The molecule has 5 heteroatoms. The Hall–Kier alpha value is -1.62. The summed E-state index contributed by atoms with van der Waals surface area (Å²) in [4.78, 5) is 23.8. The number of anilines is 2. The fourth-order valence-corrected chi connectivity index (χ4v) is 3.35. The van der Waals surface area contributed by atoms with Crippen LogP contribution < -0.4 is 9.80 Å². The molecule has 114 valence electrons. The maximum atomic E-state index is 12.8. The van der Waals surface area contributed by atoms with E-state index in [9.17, 15) is 4.79 Å². The lowest BCUT2D eigenvalue weighted by Gasteiger charge is -2.48. The molecule has 1 aromatic rings. The highest BCUT2D eigenvalue weighted by atomic mass is 16.2. The van der Waals surface area contributed by atoms with Gasteiger partial charge in [-0.3, -0.25) is 9.69 Å². The highest BCUT2D eigenvalue weighted by Crippen LogP contribution is 2.38. The largest absolute Gasteiger partial charge is 0.340 e. The van der Waals surface area contributed by atoms with Gasteiger partial charge < -0.3 is 9.80 Å². The first kappa shape index (κ1) is 14.3. The van der Waals surface area contributed by atoms with Gasteiger partial charge in [0, 0.05) is 38.9 Å². The summed E-state index contributed by atoms with van der Waals surface area (Å²) in [6, 6.07) is 0.368. The molecule has 1 aromatic heterocycles. The smallest absolute Gasteiger partial charge is 0.250 e. The molecule has 0 aliphatic carbocycles. The second kappa shape index (κ2) is 4.98. The maximum Gasteiger partial charge on any atom is 0.250 e. The highest BCUT2D eigenvalue weighted by molar-refractivity contribution is 6.05. The van der Waals surface area contributed by atoms with Crippen LogP contribution in [0.3, 0.4) is 0 Å². The lowest BCUT2D eigenvalue weighted by Crippen LogP contribution is -2.63. The van der Waals surface area contributed by atoms with Crippen LogP contribution in [0.15, 0.2) is 6.20 Å². The second-order valence-corrected chi connectivity index (χ2v) is 6.43. The van der Waals surface area contributed by atoms with Crippen LogP contribution in [0.5, 0.6) is 0 Å². The number of carbonyl (C=O) groups is 1. The van der Waals surface area contributed by atoms with Gasteiger partial charge in [0.05, 0.1) is 5.69 Å². The minimum absolute atomic E-state index is 0.103. The average Bonchev–Trinajstić information content (AvgIpc) is 2.47. The zero-order valence-electron chi connectivity index (χ0n) is 13.6. The Morgan fingerprint density at radius 3 is 2.67 bits per heavy atom. The van der Waals surface area contributed by atoms with Gasteiger partial charge in [0.15, 0.2) is 5.82 Å². The molecule has 0 unspecified atom stereocenters. The molecule has 0 spiro atoms. The third-order valence-corrected chi connectivity index (χ3v) is 4.90. The highest BCUT2D eigenvalue weighted by Gasteiger charge is 2.42. The van der Waals surface area contributed by atoms with Crippen LogP contribution in [0.2, 0.25) is 0 Å². The number of likely N-dealkylation sites (N-methyl/N-ethyl adjacent to an activating group) is 1. The molecule has 5 nitrogen and oxygen atoms in total. The number of fused-ring (bicyclic) bond motifs is 3. The van der Waals surface area contributed by atoms with Gasteiger partial charge in [-0.1, -0.05) is 0 Å². The number of hydrogen-bond acceptors (Lipinski definition) is 4. The topological polar surface area (TPSA) is 39.7 Å². The SMILES string of the molecule is Cc1cnc2c(c1C)N(C)C(=O)[C@@H]1CN(C(C)C)CCN21. The summed E-state index contributed by atoms with van der Waals surface area (Å²) in [5.74, 6) is 1.15. The molecule has 0 N–H and O–H groups in total. The van der Waals surface area contributed by atoms with E-state index < -0.39 is 0 Å². The van der Waals surface area contributed by atoms with Crippen molar-refractivity contribution in [3.05, 3.63) is 17.3 Å². The van der Waals surface area contributed by atoms with E-state index in [4.69, 9.17) is 0 Å². The normalized spacial score (nSPS) is 22.6. The summed E-state index contributed by atoms with van der Waals surface area (Å²) in [5.41, 5.74) is 3.27. The zero-order chi connectivity index (χ0) is 15.3. The van der Waals surface area contributed by atoms with Crippen molar-refractivity contribution in [1.29, 1.82) is 0 Å². The first-order chi connectivity index (χ1) is 9.91. The van der Waals surface area contributed by atoms with Crippen LogP contribution in [0.4, 0.5) is 11.5 Å². The predicted molar refractivity (Wildman–Crippen MR) is 85.0 cm³/mol. The van der Waals surface area contributed by atoms with E-state index in [0.717, 1.165) is 42.3 Å². The Kier molecular flexibility index (Phi) is 3.40. The molecule has 3 heterocycles. The molecule has 3 rings (SSSR count). The molecular formula is C16H24N4O. The van der Waals surface area contributed by atoms with Crippen molar-refractivity contribution in [3.8, 4) is 0 Å². The number of aryl methyl sites for hydroxylation is 1. The van der Waals surface area contributed by atoms with Crippen molar-refractivity contribution in [2.24, 2.45) is 0 Å². The zero-order valence-corrected chi connectivity index (χ0v) is 13.6. The summed E-state index contributed by atoms with van der Waals surface area (Å²) < 4.78 is 0. The van der Waals surface area contributed by atoms with E-state index in [1.807, 2.05) is 20.2 Å². The summed E-state index contributed by atoms with van der Waals surface area (Å²) in [5, 5.41) is 0. The van der Waals surface area contributed by atoms with Crippen molar-refractivity contribution >= 4 is 17.4 Å². The van der Waals surface area contributed by atoms with Crippen LogP contribution in [-0.2, 0) is 4.79 Å². The van der Waals surface area contributed by atoms with Gasteiger partial charge in [0.25, 0.3) is 5.91 Å². The van der Waals surface area contributed by atoms with Gasteiger partial charge >= 0.3 is 0 Å². The molecule has 0 radical (unpaired) electrons. The van der Waals surface area contributed by atoms with E-state index in [-0.39, 0.29) is 11.9 Å². The average molecular weight is 288 g/mol. The third-order valence-electron chi connectivity index (χ3n) is 4.90. The third kappa shape index (κ3) is 2.11. The Labute approximate surface area is 126 Å². The maximum absolute atomic E-state index is 12.8. The number of pyridine rings is 1. The van der Waals surface area contributed by atoms with Gasteiger partial charge in [-0.25, -0.2) is 4.98 Å². The number of amides is 1. The molecule has 0 saturated carbocycles. The Morgan fingerprint density at radius 2 is 2.00 bits per heavy atom. The fourth-order valence-electron chi connectivity index (χ4n) is 3.35. The molecule has 0 aromatic carbocycles. The van der Waals surface area contributed by atoms with E-state index in [1.165, 1.54) is 0 Å². The minimum Gasteiger partial charge on any atom is -0.340 e. The first-order valence-electron chi connectivity index (χ1n) is 7.66. The van der Waals surface area contributed by atoms with E-state index in [1.54, 1.807) is 4.90 Å². The summed E-state index contributed by atoms with van der Waals surface area (Å²) in [6.45, 7) is 11.1. The number of hydrogen-bond donors (Lipinski definition) is 0. The Morgan fingerprint density at radius 1 is 1.29 bits per heavy atom. The first-order valence-corrected chi connectivity index (χ1v) is 7.66. The number of nitrogens with zero attached hydrogens (tertiary/aromatic N) is 4. The molecule has 1 saturated heterocycles. The van der Waals surface area contributed by atoms with E-state index >= 15 is 0 Å². The van der Waals surface area contributed by atoms with Crippen LogP contribution in [-0.4, -0.2) is 54.6 Å². The van der Waals surface area contributed by atoms with Crippen molar-refractivity contribution in [2.75, 3.05) is 36.5 Å². The van der Waals surface area contributed by atoms with Crippen molar-refractivity contribution in [1.82, 2.24) is 9.88 Å². The van der Waals surface area contributed by atoms with Gasteiger partial charge in [0.1, 0.15) is 6.04 Å². The molecular weight excluding hydrogens is 264 g/mol. The van der Waals surface area contributed by atoms with E-state index in [2.05, 4.69) is 35.6 Å². The summed E-state index contributed by atoms with van der Waals surface area (Å²) in [6.07, 6.45) is 1.92. The number of aromatic nitrogens is 1. The molecule has 1 fully saturated rings. The Bertz CT molecular complexity index is 584. The lowest BCUT2D eigenvalue weighted by molar-refractivity contribution is -0.121. The van der Waals surface area contributed by atoms with E-state index in [0.29, 0.717) is 6.04 Å². The second-order valence-electron chi connectivity index (χ2n) is 6.43. The van der Waals surface area contributed by atoms with Crippen LogP contribution in [0, 0.1) is 13.8 Å². The number of piperazine rings is 1. The van der Waals surface area contributed by atoms with Gasteiger partial charge in [-0.15, -0.1) is 0 Å². The molecule has 0 bridgehead atoms. The monoisotopic (exact) mass is 288 g/mol. The van der Waals surface area contributed by atoms with Crippen LogP contribution in [0.25, 0.3) is 0 Å². The quantitative estimate of drug-likeness (QED) is 0.786. The summed E-state index contributed by atoms with van der Waals surface area (Å²) in [7, 11) is 1.88. The minimum atomic E-state index is -0.103. The summed E-state index contributed by atoms with van der Waals surface area (Å²) >= 11 is 0. The lowest BCUT2D eigenvalue weighted by atomic mass is 10.0. The molecule has 21 heavy (non-hydrogen) atoms. The number of rotatable bonds is 1. The Balaban J connectivity index is 2.04. The standard InChI is InChI=1S/C16H24N4O/c1-10(2)19-6-7-20-13(9-19)16(21)18(5)14-12(4)11(3)8-17-15(14)20/h8,10,13H,6-7,9H2,1-5H3/t13-/m0/s1. The van der Waals surface area contributed by atoms with Gasteiger partial charge in [-0.05, 0) is 38.8 Å². The molecule has 1 amide bonds. The molecule has 2 aliphatic rings. The fraction of sp³-hybridized carbons (Fsp3) is 0.625. The molecule has 1 atom stereocenters.